The average molecular weight is 316 g/mol. The van der Waals surface area contributed by atoms with E-state index in [1.807, 2.05) is 25.7 Å². The third-order valence-electron chi connectivity index (χ3n) is 4.76. The third kappa shape index (κ3) is 2.30. The SMILES string of the molecule is CC(C)(C)OC(=O)N1C2CCC1c1c([nH]c3ccc(F)cc13)C2. The second-order valence-corrected chi connectivity index (χ2v) is 7.55. The van der Waals surface area contributed by atoms with Crippen molar-refractivity contribution >= 4 is 17.0 Å². The van der Waals surface area contributed by atoms with Crippen molar-refractivity contribution in [1.82, 2.24) is 9.88 Å². The van der Waals surface area contributed by atoms with Crippen molar-refractivity contribution < 1.29 is 13.9 Å². The molecule has 3 heterocycles. The highest BCUT2D eigenvalue weighted by atomic mass is 19.1. The molecule has 1 fully saturated rings. The summed E-state index contributed by atoms with van der Waals surface area (Å²) in [5.41, 5.74) is 2.63. The van der Waals surface area contributed by atoms with Gasteiger partial charge in [0, 0.05) is 34.6 Å². The molecular weight excluding hydrogens is 295 g/mol. The van der Waals surface area contributed by atoms with E-state index in [1.165, 1.54) is 6.07 Å². The van der Waals surface area contributed by atoms with Crippen molar-refractivity contribution in [3.63, 3.8) is 0 Å². The molecule has 4 rings (SSSR count). The number of benzene rings is 1. The van der Waals surface area contributed by atoms with Crippen LogP contribution in [-0.2, 0) is 11.2 Å². The molecular formula is C18H21FN2O2. The summed E-state index contributed by atoms with van der Waals surface area (Å²) in [6.07, 6.45) is 2.38. The highest BCUT2D eigenvalue weighted by Crippen LogP contribution is 2.47. The highest BCUT2D eigenvalue weighted by molar-refractivity contribution is 5.86. The molecule has 1 amide bonds. The van der Waals surface area contributed by atoms with Crippen LogP contribution in [0.25, 0.3) is 10.9 Å². The molecule has 0 spiro atoms. The van der Waals surface area contributed by atoms with E-state index < -0.39 is 5.60 Å². The van der Waals surface area contributed by atoms with Gasteiger partial charge in [-0.25, -0.2) is 9.18 Å². The van der Waals surface area contributed by atoms with Crippen molar-refractivity contribution in [2.75, 3.05) is 0 Å². The number of hydrogen-bond acceptors (Lipinski definition) is 2. The fourth-order valence-corrected chi connectivity index (χ4v) is 3.98. The van der Waals surface area contributed by atoms with Crippen LogP contribution in [0.1, 0.15) is 50.9 Å². The lowest BCUT2D eigenvalue weighted by Crippen LogP contribution is -2.44. The van der Waals surface area contributed by atoms with Crippen molar-refractivity contribution in [2.24, 2.45) is 0 Å². The van der Waals surface area contributed by atoms with E-state index in [0.29, 0.717) is 0 Å². The molecule has 0 aliphatic carbocycles. The zero-order chi connectivity index (χ0) is 16.4. The molecule has 2 unspecified atom stereocenters. The molecule has 1 N–H and O–H groups in total. The van der Waals surface area contributed by atoms with Crippen LogP contribution in [0.5, 0.6) is 0 Å². The van der Waals surface area contributed by atoms with Crippen molar-refractivity contribution in [3.05, 3.63) is 35.3 Å². The summed E-state index contributed by atoms with van der Waals surface area (Å²) in [4.78, 5) is 17.9. The third-order valence-corrected chi connectivity index (χ3v) is 4.76. The van der Waals surface area contributed by atoms with E-state index in [9.17, 15) is 9.18 Å². The van der Waals surface area contributed by atoms with Gasteiger partial charge in [0.05, 0.1) is 6.04 Å². The van der Waals surface area contributed by atoms with Gasteiger partial charge in [-0.1, -0.05) is 0 Å². The zero-order valence-corrected chi connectivity index (χ0v) is 13.6. The summed E-state index contributed by atoms with van der Waals surface area (Å²) in [7, 11) is 0. The van der Waals surface area contributed by atoms with E-state index in [2.05, 4.69) is 4.98 Å². The second kappa shape index (κ2) is 4.73. The zero-order valence-electron chi connectivity index (χ0n) is 13.6. The average Bonchev–Trinajstić information content (AvgIpc) is 2.94. The summed E-state index contributed by atoms with van der Waals surface area (Å²) in [5, 5.41) is 0.888. The molecule has 2 aromatic rings. The monoisotopic (exact) mass is 316 g/mol. The van der Waals surface area contributed by atoms with Crippen LogP contribution in [0, 0.1) is 5.82 Å². The number of aromatic amines is 1. The Hall–Kier alpha value is -2.04. The van der Waals surface area contributed by atoms with Gasteiger partial charge >= 0.3 is 6.09 Å². The number of ether oxygens (including phenoxy) is 1. The van der Waals surface area contributed by atoms with E-state index >= 15 is 0 Å². The van der Waals surface area contributed by atoms with Crippen LogP contribution >= 0.6 is 0 Å². The standard InChI is InChI=1S/C18H21FN2O2/c1-18(2,3)23-17(22)21-11-5-7-15(21)16-12-8-10(19)4-6-13(12)20-14(16)9-11/h4,6,8,11,15,20H,5,7,9H2,1-3H3. The number of nitrogens with zero attached hydrogens (tertiary/aromatic N) is 1. The minimum absolute atomic E-state index is 0.0193. The van der Waals surface area contributed by atoms with Crippen LogP contribution in [0.2, 0.25) is 0 Å². The fourth-order valence-electron chi connectivity index (χ4n) is 3.98. The maximum atomic E-state index is 13.7. The van der Waals surface area contributed by atoms with Crippen LogP contribution in [0.4, 0.5) is 9.18 Å². The summed E-state index contributed by atoms with van der Waals surface area (Å²) >= 11 is 0. The lowest BCUT2D eigenvalue weighted by molar-refractivity contribution is 0.0125. The largest absolute Gasteiger partial charge is 0.444 e. The molecule has 122 valence electrons. The van der Waals surface area contributed by atoms with Crippen molar-refractivity contribution in [3.8, 4) is 0 Å². The first-order chi connectivity index (χ1) is 10.8. The first-order valence-electron chi connectivity index (χ1n) is 8.15. The van der Waals surface area contributed by atoms with Gasteiger partial charge in [-0.05, 0) is 51.8 Å². The fraction of sp³-hybridized carbons (Fsp3) is 0.500. The van der Waals surface area contributed by atoms with Crippen LogP contribution in [-0.4, -0.2) is 27.6 Å². The molecule has 1 saturated heterocycles. The van der Waals surface area contributed by atoms with E-state index in [4.69, 9.17) is 4.74 Å². The number of H-pyrrole nitrogens is 1. The van der Waals surface area contributed by atoms with Crippen LogP contribution in [0.15, 0.2) is 18.2 Å². The van der Waals surface area contributed by atoms with Gasteiger partial charge in [-0.15, -0.1) is 0 Å². The number of halogens is 1. The summed E-state index contributed by atoms with van der Waals surface area (Å²) in [5.74, 6) is -0.247. The highest BCUT2D eigenvalue weighted by Gasteiger charge is 2.45. The normalized spacial score (nSPS) is 23.2. The minimum atomic E-state index is -0.511. The molecule has 0 saturated carbocycles. The van der Waals surface area contributed by atoms with Crippen LogP contribution < -0.4 is 0 Å². The van der Waals surface area contributed by atoms with Crippen molar-refractivity contribution in [1.29, 1.82) is 0 Å². The number of fused-ring (bicyclic) bond motifs is 6. The molecule has 2 bridgehead atoms. The van der Waals surface area contributed by atoms with Gasteiger partial charge in [-0.3, -0.25) is 4.90 Å². The predicted molar refractivity (Wildman–Crippen MR) is 85.8 cm³/mol. The Bertz CT molecular complexity index is 790. The molecule has 0 radical (unpaired) electrons. The molecule has 2 aliphatic heterocycles. The Kier molecular flexibility index (Phi) is 2.99. The first-order valence-corrected chi connectivity index (χ1v) is 8.15. The molecule has 5 heteroatoms. The van der Waals surface area contributed by atoms with Gasteiger partial charge in [0.2, 0.25) is 0 Å². The van der Waals surface area contributed by atoms with Crippen molar-refractivity contribution in [2.45, 2.75) is 57.7 Å². The number of nitrogens with one attached hydrogen (secondary N) is 1. The minimum Gasteiger partial charge on any atom is -0.444 e. The number of carbonyl (C=O) groups is 1. The lowest BCUT2D eigenvalue weighted by atomic mass is 9.97. The molecule has 2 atom stereocenters. The predicted octanol–water partition coefficient (Wildman–Crippen LogP) is 4.30. The van der Waals surface area contributed by atoms with Gasteiger partial charge in [0.15, 0.2) is 0 Å². The number of amides is 1. The Morgan fingerprint density at radius 1 is 1.35 bits per heavy atom. The van der Waals surface area contributed by atoms with E-state index in [0.717, 1.165) is 41.4 Å². The first kappa shape index (κ1) is 14.5. The summed E-state index contributed by atoms with van der Waals surface area (Å²) < 4.78 is 19.3. The van der Waals surface area contributed by atoms with Gasteiger partial charge in [0.1, 0.15) is 11.4 Å². The van der Waals surface area contributed by atoms with Gasteiger partial charge in [-0.2, -0.15) is 0 Å². The number of hydrogen-bond donors (Lipinski definition) is 1. The number of aromatic nitrogens is 1. The van der Waals surface area contributed by atoms with E-state index in [1.54, 1.807) is 12.1 Å². The molecule has 1 aromatic heterocycles. The molecule has 1 aromatic carbocycles. The number of carbonyl (C=O) groups excluding carboxylic acids is 1. The molecule has 2 aliphatic rings. The summed E-state index contributed by atoms with van der Waals surface area (Å²) in [6, 6.07) is 4.95. The quantitative estimate of drug-likeness (QED) is 0.787. The van der Waals surface area contributed by atoms with Gasteiger partial charge < -0.3 is 9.72 Å². The smallest absolute Gasteiger partial charge is 0.411 e. The Labute approximate surface area is 134 Å². The Morgan fingerprint density at radius 2 is 2.13 bits per heavy atom. The van der Waals surface area contributed by atoms with Crippen LogP contribution in [0.3, 0.4) is 0 Å². The second-order valence-electron chi connectivity index (χ2n) is 7.55. The van der Waals surface area contributed by atoms with Gasteiger partial charge in [0.25, 0.3) is 0 Å². The number of rotatable bonds is 0. The molecule has 23 heavy (non-hydrogen) atoms. The maximum absolute atomic E-state index is 13.7. The Morgan fingerprint density at radius 3 is 2.87 bits per heavy atom. The Balaban J connectivity index is 1.77. The maximum Gasteiger partial charge on any atom is 0.411 e. The topological polar surface area (TPSA) is 45.3 Å². The molecule has 4 nitrogen and oxygen atoms in total. The lowest BCUT2D eigenvalue weighted by Gasteiger charge is -2.36. The summed E-state index contributed by atoms with van der Waals surface area (Å²) in [6.45, 7) is 5.63. The van der Waals surface area contributed by atoms with E-state index in [-0.39, 0.29) is 24.0 Å².